The van der Waals surface area contributed by atoms with Gasteiger partial charge in [-0.05, 0) is 59.0 Å². The van der Waals surface area contributed by atoms with Crippen LogP contribution in [0.4, 0.5) is 0 Å². The molecule has 1 heterocycles. The van der Waals surface area contributed by atoms with Gasteiger partial charge in [0.15, 0.2) is 0 Å². The molecule has 0 aromatic carbocycles. The maximum atomic E-state index is 11.5. The smallest absolute Gasteiger partial charge is 0.112 e. The molecule has 0 bridgehead atoms. The second-order valence-electron chi connectivity index (χ2n) is 5.13. The molecule has 1 atom stereocenters. The minimum atomic E-state index is -0.112. The molecule has 0 aromatic rings. The Bertz CT molecular complexity index is 225. The summed E-state index contributed by atoms with van der Waals surface area (Å²) >= 11 is 0. The third-order valence-electron chi connectivity index (χ3n) is 3.34. The molecule has 1 saturated heterocycles. The molecule has 0 saturated carbocycles. The summed E-state index contributed by atoms with van der Waals surface area (Å²) in [5.41, 5.74) is 0. The molecule has 3 N–H and O–H groups in total. The zero-order valence-electron chi connectivity index (χ0n) is 12.7. The largest absolute Gasteiger partial charge is 0.653 e. The number of nitrogens with zero attached hydrogens (tertiary/aromatic N) is 1. The minimum Gasteiger partial charge on any atom is -0.653 e. The van der Waals surface area contributed by atoms with Crippen LogP contribution < -0.4 is 16.0 Å². The average Bonchev–Trinajstić information content (AvgIpc) is 2.38. The number of nitrogens with one attached hydrogen (secondary N) is 3. The van der Waals surface area contributed by atoms with Crippen LogP contribution in [0.2, 0.25) is 0 Å². The van der Waals surface area contributed by atoms with Crippen molar-refractivity contribution in [3.05, 3.63) is 5.32 Å². The Labute approximate surface area is 138 Å². The van der Waals surface area contributed by atoms with Gasteiger partial charge in [0.2, 0.25) is 0 Å². The molecule has 1 aliphatic heterocycles. The minimum absolute atomic E-state index is 0. The molecule has 0 aliphatic carbocycles. The van der Waals surface area contributed by atoms with E-state index in [4.69, 9.17) is 0 Å². The monoisotopic (exact) mass is 317 g/mol. The van der Waals surface area contributed by atoms with E-state index in [1.807, 2.05) is 0 Å². The van der Waals surface area contributed by atoms with Gasteiger partial charge in [0.25, 0.3) is 0 Å². The molecule has 116 valence electrons. The number of carbonyl (C=O) groups is 1. The van der Waals surface area contributed by atoms with Crippen molar-refractivity contribution >= 4 is 5.78 Å². The van der Waals surface area contributed by atoms with E-state index >= 15 is 0 Å². The molecule has 5 nitrogen and oxygen atoms in total. The van der Waals surface area contributed by atoms with E-state index in [9.17, 15) is 4.79 Å². The fraction of sp³-hybridized carbons (Fsp3) is 0.929. The van der Waals surface area contributed by atoms with Gasteiger partial charge in [-0.1, -0.05) is 18.9 Å². The van der Waals surface area contributed by atoms with Gasteiger partial charge in [-0.3, -0.25) is 0 Å². The molecule has 0 radical (unpaired) electrons. The summed E-state index contributed by atoms with van der Waals surface area (Å²) in [5, 5.41) is 14.8. The van der Waals surface area contributed by atoms with Crippen LogP contribution in [0.25, 0.3) is 5.32 Å². The summed E-state index contributed by atoms with van der Waals surface area (Å²) < 4.78 is 0. The summed E-state index contributed by atoms with van der Waals surface area (Å²) in [4.78, 5) is 11.5. The molecule has 1 fully saturated rings. The Hall–Kier alpha value is 0.224. The second kappa shape index (κ2) is 14.2. The van der Waals surface area contributed by atoms with Crippen molar-refractivity contribution < 1.29 is 26.5 Å². The van der Waals surface area contributed by atoms with Crippen molar-refractivity contribution in [2.75, 3.05) is 45.8 Å². The van der Waals surface area contributed by atoms with Gasteiger partial charge in [-0.2, -0.15) is 0 Å². The first-order valence-corrected chi connectivity index (χ1v) is 7.60. The van der Waals surface area contributed by atoms with E-state index < -0.39 is 0 Å². The van der Waals surface area contributed by atoms with Crippen LogP contribution in [0.5, 0.6) is 0 Å². The molecule has 1 rings (SSSR count). The van der Waals surface area contributed by atoms with Gasteiger partial charge >= 0.3 is 0 Å². The summed E-state index contributed by atoms with van der Waals surface area (Å²) in [6.45, 7) is 8.52. The van der Waals surface area contributed by atoms with Crippen LogP contribution in [0.15, 0.2) is 0 Å². The van der Waals surface area contributed by atoms with Gasteiger partial charge < -0.3 is 26.1 Å². The first-order chi connectivity index (χ1) is 9.30. The Balaban J connectivity index is 0.00000361. The molecule has 20 heavy (non-hydrogen) atoms. The zero-order valence-corrected chi connectivity index (χ0v) is 14.3. The van der Waals surface area contributed by atoms with Crippen molar-refractivity contribution in [1.29, 1.82) is 0 Å². The predicted octanol–water partition coefficient (Wildman–Crippen LogP) is 0.658. The molecule has 6 heteroatoms. The first kappa shape index (κ1) is 20.2. The van der Waals surface area contributed by atoms with E-state index in [0.717, 1.165) is 65.1 Å². The molecular formula is C14H29N4OTi-. The molecule has 1 unspecified atom stereocenters. The Morgan fingerprint density at radius 3 is 1.95 bits per heavy atom. The first-order valence-electron chi connectivity index (χ1n) is 7.60. The summed E-state index contributed by atoms with van der Waals surface area (Å²) in [6.07, 6.45) is 4.15. The van der Waals surface area contributed by atoms with Gasteiger partial charge in [-0.15, -0.1) is 6.54 Å². The van der Waals surface area contributed by atoms with Crippen molar-refractivity contribution in [2.24, 2.45) is 0 Å². The van der Waals surface area contributed by atoms with Crippen LogP contribution >= 0.6 is 0 Å². The Morgan fingerprint density at radius 1 is 0.900 bits per heavy atom. The molecule has 0 aromatic heterocycles. The van der Waals surface area contributed by atoms with E-state index in [-0.39, 0.29) is 33.5 Å². The van der Waals surface area contributed by atoms with Crippen molar-refractivity contribution in [2.45, 2.75) is 38.6 Å². The maximum Gasteiger partial charge on any atom is 0.112 e. The number of hydrogen-bond acceptors (Lipinski definition) is 4. The van der Waals surface area contributed by atoms with E-state index in [1.54, 1.807) is 6.92 Å². The number of carbonyl (C=O) groups excluding carboxylic acids is 1. The van der Waals surface area contributed by atoms with Gasteiger partial charge in [0, 0.05) is 21.7 Å². The van der Waals surface area contributed by atoms with Crippen molar-refractivity contribution in [1.82, 2.24) is 16.0 Å². The average molecular weight is 317 g/mol. The number of hydrogen-bond donors (Lipinski definition) is 3. The standard InChI is InChI=1S/C14H29N4O.Ti/c1-13(19)14-5-12-17-9-3-8-15-6-2-7-16-10-4-11-18-14;/h14-17H,2-12H2,1H3;/q-1;. The van der Waals surface area contributed by atoms with Crippen LogP contribution in [-0.4, -0.2) is 57.6 Å². The van der Waals surface area contributed by atoms with Crippen LogP contribution in [0.3, 0.4) is 0 Å². The third-order valence-corrected chi connectivity index (χ3v) is 3.34. The molecular weight excluding hydrogens is 288 g/mol. The van der Waals surface area contributed by atoms with Crippen LogP contribution in [-0.2, 0) is 26.5 Å². The fourth-order valence-corrected chi connectivity index (χ4v) is 2.16. The van der Waals surface area contributed by atoms with Crippen LogP contribution in [0, 0.1) is 0 Å². The predicted molar refractivity (Wildman–Crippen MR) is 79.8 cm³/mol. The van der Waals surface area contributed by atoms with Crippen molar-refractivity contribution in [3.63, 3.8) is 0 Å². The Morgan fingerprint density at radius 2 is 1.40 bits per heavy atom. The summed E-state index contributed by atoms with van der Waals surface area (Å²) in [5.74, 6) is 0.192. The van der Waals surface area contributed by atoms with E-state index in [2.05, 4.69) is 21.3 Å². The maximum absolute atomic E-state index is 11.5. The molecule has 0 amide bonds. The van der Waals surface area contributed by atoms with Crippen LogP contribution in [0.1, 0.15) is 32.6 Å². The van der Waals surface area contributed by atoms with Gasteiger partial charge in [0.1, 0.15) is 5.78 Å². The normalized spacial score (nSPS) is 24.6. The quantitative estimate of drug-likeness (QED) is 0.622. The number of Topliss-reactive ketones (excluding diaryl/α,β-unsaturated/α-hetero) is 1. The third kappa shape index (κ3) is 10.9. The fourth-order valence-electron chi connectivity index (χ4n) is 2.16. The zero-order chi connectivity index (χ0) is 13.8. The Kier molecular flexibility index (Phi) is 14.3. The SMILES string of the molecule is CC(=O)C1CCNCCCNCCCNCCC[N-]1.[Ti]. The molecule has 0 spiro atoms. The van der Waals surface area contributed by atoms with E-state index in [1.165, 1.54) is 6.42 Å². The van der Waals surface area contributed by atoms with Crippen molar-refractivity contribution in [3.8, 4) is 0 Å². The summed E-state index contributed by atoms with van der Waals surface area (Å²) in [6, 6.07) is -0.112. The number of ketones is 1. The number of rotatable bonds is 1. The summed E-state index contributed by atoms with van der Waals surface area (Å²) in [7, 11) is 0. The topological polar surface area (TPSA) is 67.3 Å². The second-order valence-corrected chi connectivity index (χ2v) is 5.13. The van der Waals surface area contributed by atoms with E-state index in [0.29, 0.717) is 0 Å². The van der Waals surface area contributed by atoms with Gasteiger partial charge in [0.05, 0.1) is 0 Å². The van der Waals surface area contributed by atoms with Gasteiger partial charge in [-0.25, -0.2) is 0 Å². The molecule has 1 aliphatic rings.